The van der Waals surface area contributed by atoms with E-state index in [4.69, 9.17) is 4.98 Å². The van der Waals surface area contributed by atoms with Crippen LogP contribution in [0.3, 0.4) is 0 Å². The SMILES string of the molecule is CC(C)c1cc(C(=O)NCCC(=O)N(C)C)nc(N2CCc3ccccc3C2)n1. The van der Waals surface area contributed by atoms with Gasteiger partial charge < -0.3 is 15.1 Å². The Bertz CT molecular complexity index is 895. The number of nitrogens with one attached hydrogen (secondary N) is 1. The lowest BCUT2D eigenvalue weighted by atomic mass is 10.0. The number of amides is 2. The lowest BCUT2D eigenvalue weighted by Gasteiger charge is -2.29. The highest BCUT2D eigenvalue weighted by Gasteiger charge is 2.21. The van der Waals surface area contributed by atoms with Gasteiger partial charge in [0.15, 0.2) is 0 Å². The summed E-state index contributed by atoms with van der Waals surface area (Å²) in [6.07, 6.45) is 1.19. The van der Waals surface area contributed by atoms with Crippen LogP contribution >= 0.6 is 0 Å². The Hall–Kier alpha value is -2.96. The van der Waals surface area contributed by atoms with E-state index in [0.29, 0.717) is 11.6 Å². The molecule has 0 bridgehead atoms. The second-order valence-corrected chi connectivity index (χ2v) is 7.87. The standard InChI is InChI=1S/C22H29N5O2/c1-15(2)18-13-19(21(29)23-11-9-20(28)26(3)4)25-22(24-18)27-12-10-16-7-5-6-8-17(16)14-27/h5-8,13,15H,9-12,14H2,1-4H3,(H,23,29). The van der Waals surface area contributed by atoms with Crippen LogP contribution in [0.4, 0.5) is 5.95 Å². The zero-order valence-electron chi connectivity index (χ0n) is 17.6. The van der Waals surface area contributed by atoms with Crippen molar-refractivity contribution >= 4 is 17.8 Å². The maximum absolute atomic E-state index is 12.7. The predicted molar refractivity (Wildman–Crippen MR) is 113 cm³/mol. The van der Waals surface area contributed by atoms with Gasteiger partial charge in [0.05, 0.1) is 0 Å². The Kier molecular flexibility index (Phi) is 6.46. The molecule has 7 nitrogen and oxygen atoms in total. The van der Waals surface area contributed by atoms with Gasteiger partial charge in [-0.25, -0.2) is 9.97 Å². The molecule has 7 heteroatoms. The summed E-state index contributed by atoms with van der Waals surface area (Å²) in [6, 6.07) is 10.1. The minimum Gasteiger partial charge on any atom is -0.350 e. The van der Waals surface area contributed by atoms with E-state index in [1.807, 2.05) is 6.07 Å². The second kappa shape index (κ2) is 9.03. The highest BCUT2D eigenvalue weighted by Crippen LogP contribution is 2.24. The Morgan fingerprint density at radius 3 is 2.59 bits per heavy atom. The smallest absolute Gasteiger partial charge is 0.270 e. The van der Waals surface area contributed by atoms with Gasteiger partial charge >= 0.3 is 0 Å². The quantitative estimate of drug-likeness (QED) is 0.812. The molecule has 0 aliphatic carbocycles. The van der Waals surface area contributed by atoms with Gasteiger partial charge in [0, 0.05) is 45.8 Å². The van der Waals surface area contributed by atoms with Crippen LogP contribution in [-0.2, 0) is 17.8 Å². The first kappa shape index (κ1) is 20.8. The van der Waals surface area contributed by atoms with E-state index in [-0.39, 0.29) is 30.7 Å². The zero-order valence-corrected chi connectivity index (χ0v) is 17.6. The molecule has 0 unspecified atom stereocenters. The molecule has 29 heavy (non-hydrogen) atoms. The summed E-state index contributed by atoms with van der Waals surface area (Å²) in [7, 11) is 3.40. The average Bonchev–Trinajstić information content (AvgIpc) is 2.72. The Labute approximate surface area is 172 Å². The fourth-order valence-electron chi connectivity index (χ4n) is 3.27. The topological polar surface area (TPSA) is 78.4 Å². The number of aromatic nitrogens is 2. The van der Waals surface area contributed by atoms with Gasteiger partial charge in [-0.05, 0) is 29.5 Å². The molecule has 0 saturated heterocycles. The molecule has 154 valence electrons. The molecular formula is C22H29N5O2. The summed E-state index contributed by atoms with van der Waals surface area (Å²) in [5.41, 5.74) is 3.80. The molecule has 1 aromatic heterocycles. The van der Waals surface area contributed by atoms with E-state index in [1.165, 1.54) is 16.0 Å². The van der Waals surface area contributed by atoms with Gasteiger partial charge in [0.2, 0.25) is 11.9 Å². The summed E-state index contributed by atoms with van der Waals surface area (Å²) < 4.78 is 0. The molecule has 1 aliphatic rings. The van der Waals surface area contributed by atoms with Crippen LogP contribution < -0.4 is 10.2 Å². The number of hydrogen-bond acceptors (Lipinski definition) is 5. The molecule has 0 spiro atoms. The van der Waals surface area contributed by atoms with Gasteiger partial charge in [0.25, 0.3) is 5.91 Å². The highest BCUT2D eigenvalue weighted by molar-refractivity contribution is 5.93. The molecule has 1 aromatic carbocycles. The third-order valence-corrected chi connectivity index (χ3v) is 5.10. The van der Waals surface area contributed by atoms with Crippen molar-refractivity contribution in [3.63, 3.8) is 0 Å². The number of nitrogens with zero attached hydrogens (tertiary/aromatic N) is 4. The largest absolute Gasteiger partial charge is 0.350 e. The molecule has 0 radical (unpaired) electrons. The minimum absolute atomic E-state index is 0.0245. The number of benzene rings is 1. The van der Waals surface area contributed by atoms with Crippen LogP contribution in [-0.4, -0.2) is 53.9 Å². The van der Waals surface area contributed by atoms with Crippen molar-refractivity contribution in [2.24, 2.45) is 0 Å². The second-order valence-electron chi connectivity index (χ2n) is 7.87. The molecule has 1 aliphatic heterocycles. The number of anilines is 1. The van der Waals surface area contributed by atoms with Gasteiger partial charge in [-0.2, -0.15) is 0 Å². The van der Waals surface area contributed by atoms with E-state index in [1.54, 1.807) is 20.2 Å². The first-order valence-electron chi connectivity index (χ1n) is 10.0. The molecule has 0 atom stereocenters. The first-order chi connectivity index (χ1) is 13.8. The van der Waals surface area contributed by atoms with Crippen LogP contribution in [0.1, 0.15) is 53.5 Å². The summed E-state index contributed by atoms with van der Waals surface area (Å²) >= 11 is 0. The third kappa shape index (κ3) is 5.10. The van der Waals surface area contributed by atoms with E-state index >= 15 is 0 Å². The van der Waals surface area contributed by atoms with Crippen LogP contribution in [0, 0.1) is 0 Å². The molecular weight excluding hydrogens is 366 g/mol. The molecule has 2 heterocycles. The number of hydrogen-bond donors (Lipinski definition) is 1. The fraction of sp³-hybridized carbons (Fsp3) is 0.455. The molecule has 2 amide bonds. The number of fused-ring (bicyclic) bond motifs is 1. The van der Waals surface area contributed by atoms with Crippen LogP contribution in [0.25, 0.3) is 0 Å². The summed E-state index contributed by atoms with van der Waals surface area (Å²) in [5.74, 6) is 0.457. The van der Waals surface area contributed by atoms with Crippen molar-refractivity contribution in [2.75, 3.05) is 32.1 Å². The normalized spacial score (nSPS) is 13.2. The van der Waals surface area contributed by atoms with Gasteiger partial charge in [-0.1, -0.05) is 38.1 Å². The van der Waals surface area contributed by atoms with E-state index in [0.717, 1.165) is 25.2 Å². The van der Waals surface area contributed by atoms with Crippen molar-refractivity contribution in [2.45, 2.75) is 39.2 Å². The number of carbonyl (C=O) groups excluding carboxylic acids is 2. The number of rotatable bonds is 6. The number of carbonyl (C=O) groups is 2. The van der Waals surface area contributed by atoms with Crippen molar-refractivity contribution < 1.29 is 9.59 Å². The Morgan fingerprint density at radius 1 is 1.17 bits per heavy atom. The molecule has 0 saturated carbocycles. The van der Waals surface area contributed by atoms with E-state index in [2.05, 4.69) is 47.2 Å². The lowest BCUT2D eigenvalue weighted by Crippen LogP contribution is -2.34. The van der Waals surface area contributed by atoms with E-state index in [9.17, 15) is 9.59 Å². The molecule has 0 fully saturated rings. The first-order valence-corrected chi connectivity index (χ1v) is 10.0. The van der Waals surface area contributed by atoms with Gasteiger partial charge in [-0.15, -0.1) is 0 Å². The van der Waals surface area contributed by atoms with Crippen molar-refractivity contribution in [3.05, 3.63) is 52.8 Å². The third-order valence-electron chi connectivity index (χ3n) is 5.10. The van der Waals surface area contributed by atoms with Crippen molar-refractivity contribution in [3.8, 4) is 0 Å². The fourth-order valence-corrected chi connectivity index (χ4v) is 3.27. The van der Waals surface area contributed by atoms with Gasteiger partial charge in [-0.3, -0.25) is 9.59 Å². The summed E-state index contributed by atoms with van der Waals surface area (Å²) in [6.45, 7) is 5.93. The Balaban J connectivity index is 1.78. The van der Waals surface area contributed by atoms with Crippen LogP contribution in [0.2, 0.25) is 0 Å². The van der Waals surface area contributed by atoms with Gasteiger partial charge in [0.1, 0.15) is 5.69 Å². The van der Waals surface area contributed by atoms with Crippen molar-refractivity contribution in [1.29, 1.82) is 0 Å². The zero-order chi connectivity index (χ0) is 21.0. The maximum Gasteiger partial charge on any atom is 0.270 e. The average molecular weight is 396 g/mol. The minimum atomic E-state index is -0.278. The monoisotopic (exact) mass is 395 g/mol. The molecule has 2 aromatic rings. The summed E-state index contributed by atoms with van der Waals surface area (Å²) in [4.78, 5) is 37.3. The molecule has 1 N–H and O–H groups in total. The van der Waals surface area contributed by atoms with Crippen molar-refractivity contribution in [1.82, 2.24) is 20.2 Å². The highest BCUT2D eigenvalue weighted by atomic mass is 16.2. The maximum atomic E-state index is 12.7. The van der Waals surface area contributed by atoms with Crippen LogP contribution in [0.5, 0.6) is 0 Å². The molecule has 3 rings (SSSR count). The Morgan fingerprint density at radius 2 is 1.90 bits per heavy atom. The predicted octanol–water partition coefficient (Wildman–Crippen LogP) is 2.37. The van der Waals surface area contributed by atoms with Crippen LogP contribution in [0.15, 0.2) is 30.3 Å². The lowest BCUT2D eigenvalue weighted by molar-refractivity contribution is -0.128. The summed E-state index contributed by atoms with van der Waals surface area (Å²) in [5, 5.41) is 2.80. The van der Waals surface area contributed by atoms with E-state index < -0.39 is 0 Å².